The molecule has 5 N–H and O–H groups in total. The van der Waals surface area contributed by atoms with Crippen LogP contribution in [0.1, 0.15) is 10.4 Å². The number of carboxylic acids is 1. The first kappa shape index (κ1) is 13.3. The van der Waals surface area contributed by atoms with Crippen molar-refractivity contribution in [1.29, 1.82) is 0 Å². The first-order valence-corrected chi connectivity index (χ1v) is 5.03. The number of primary amides is 1. The molecule has 1 unspecified atom stereocenters. The summed E-state index contributed by atoms with van der Waals surface area (Å²) in [5, 5.41) is 21.0. The predicted octanol–water partition coefficient (Wildman–Crippen LogP) is 0.296. The lowest BCUT2D eigenvalue weighted by Gasteiger charge is -2.12. The Kier molecular flexibility index (Phi) is 4.30. The van der Waals surface area contributed by atoms with Crippen molar-refractivity contribution in [3.05, 3.63) is 28.8 Å². The number of aliphatic hydroxyl groups is 1. The molecular weight excluding hydrogens is 248 g/mol. The van der Waals surface area contributed by atoms with Gasteiger partial charge >= 0.3 is 5.97 Å². The zero-order valence-electron chi connectivity index (χ0n) is 8.68. The van der Waals surface area contributed by atoms with Gasteiger partial charge in [-0.2, -0.15) is 0 Å². The Balaban J connectivity index is 2.84. The first-order valence-electron chi connectivity index (χ1n) is 4.66. The molecule has 92 valence electrons. The van der Waals surface area contributed by atoms with Crippen LogP contribution in [-0.4, -0.2) is 34.7 Å². The van der Waals surface area contributed by atoms with Crippen molar-refractivity contribution in [2.45, 2.75) is 6.10 Å². The number of carboxylic acid groups (broad SMARTS) is 1. The second kappa shape index (κ2) is 5.51. The monoisotopic (exact) mass is 258 g/mol. The molecule has 17 heavy (non-hydrogen) atoms. The van der Waals surface area contributed by atoms with E-state index in [9.17, 15) is 9.59 Å². The maximum absolute atomic E-state index is 10.9. The van der Waals surface area contributed by atoms with Gasteiger partial charge in [-0.3, -0.25) is 4.79 Å². The molecule has 0 spiro atoms. The van der Waals surface area contributed by atoms with Crippen LogP contribution in [0.2, 0.25) is 5.02 Å². The molecule has 0 fully saturated rings. The van der Waals surface area contributed by atoms with Crippen LogP contribution < -0.4 is 11.1 Å². The number of amides is 1. The second-order valence-electron chi connectivity index (χ2n) is 3.29. The minimum atomic E-state index is -1.38. The number of aliphatic hydroxyl groups excluding tert-OH is 1. The van der Waals surface area contributed by atoms with Crippen LogP contribution in [0.3, 0.4) is 0 Å². The largest absolute Gasteiger partial charge is 0.478 e. The van der Waals surface area contributed by atoms with Crippen LogP contribution in [-0.2, 0) is 4.79 Å². The lowest BCUT2D eigenvalue weighted by atomic mass is 10.1. The van der Waals surface area contributed by atoms with Crippen molar-refractivity contribution in [3.63, 3.8) is 0 Å². The molecule has 6 nitrogen and oxygen atoms in total. The van der Waals surface area contributed by atoms with E-state index in [4.69, 9.17) is 27.5 Å². The van der Waals surface area contributed by atoms with Gasteiger partial charge in [0.05, 0.1) is 5.56 Å². The van der Waals surface area contributed by atoms with Gasteiger partial charge in [0.1, 0.15) is 6.10 Å². The van der Waals surface area contributed by atoms with Gasteiger partial charge in [0, 0.05) is 17.3 Å². The summed E-state index contributed by atoms with van der Waals surface area (Å²) in [4.78, 5) is 21.5. The van der Waals surface area contributed by atoms with E-state index in [1.807, 2.05) is 0 Å². The Morgan fingerprint density at radius 3 is 2.65 bits per heavy atom. The van der Waals surface area contributed by atoms with E-state index in [0.717, 1.165) is 0 Å². The summed E-state index contributed by atoms with van der Waals surface area (Å²) in [6, 6.07) is 4.20. The van der Waals surface area contributed by atoms with Gasteiger partial charge in [0.15, 0.2) is 0 Å². The molecule has 1 atom stereocenters. The Hall–Kier alpha value is -1.79. The van der Waals surface area contributed by atoms with Crippen LogP contribution in [0.5, 0.6) is 0 Å². The van der Waals surface area contributed by atoms with Crippen LogP contribution in [0.4, 0.5) is 5.69 Å². The fourth-order valence-electron chi connectivity index (χ4n) is 1.15. The Labute approximate surface area is 102 Å². The number of hydrogen-bond donors (Lipinski definition) is 4. The highest BCUT2D eigenvalue weighted by Crippen LogP contribution is 2.20. The van der Waals surface area contributed by atoms with Crippen LogP contribution in [0.25, 0.3) is 0 Å². The number of aromatic carboxylic acids is 1. The standard InChI is InChI=1S/C10H11ClN2O4/c11-5-1-2-7(6(3-5)10(16)17)13-4-8(14)9(12)15/h1-3,8,13-14H,4H2,(H2,12,15)(H,16,17). The molecule has 0 heterocycles. The Morgan fingerprint density at radius 2 is 2.12 bits per heavy atom. The molecule has 1 rings (SSSR count). The normalized spacial score (nSPS) is 11.9. The highest BCUT2D eigenvalue weighted by Gasteiger charge is 2.14. The molecule has 0 aromatic heterocycles. The molecule has 0 saturated carbocycles. The van der Waals surface area contributed by atoms with Crippen molar-refractivity contribution in [1.82, 2.24) is 0 Å². The third-order valence-corrected chi connectivity index (χ3v) is 2.26. The van der Waals surface area contributed by atoms with Gasteiger partial charge in [-0.15, -0.1) is 0 Å². The molecule has 0 radical (unpaired) electrons. The summed E-state index contributed by atoms with van der Waals surface area (Å²) < 4.78 is 0. The number of rotatable bonds is 5. The molecule has 0 saturated heterocycles. The lowest BCUT2D eigenvalue weighted by molar-refractivity contribution is -0.125. The summed E-state index contributed by atoms with van der Waals surface area (Å²) in [7, 11) is 0. The number of carbonyl (C=O) groups is 2. The number of anilines is 1. The zero-order chi connectivity index (χ0) is 13.0. The molecule has 7 heteroatoms. The zero-order valence-corrected chi connectivity index (χ0v) is 9.44. The maximum Gasteiger partial charge on any atom is 0.337 e. The fourth-order valence-corrected chi connectivity index (χ4v) is 1.33. The van der Waals surface area contributed by atoms with Gasteiger partial charge in [0.25, 0.3) is 0 Å². The number of hydrogen-bond acceptors (Lipinski definition) is 4. The first-order chi connectivity index (χ1) is 7.91. The predicted molar refractivity (Wildman–Crippen MR) is 62.1 cm³/mol. The molecule has 0 aliphatic carbocycles. The third kappa shape index (κ3) is 3.61. The third-order valence-electron chi connectivity index (χ3n) is 2.03. The van der Waals surface area contributed by atoms with E-state index in [-0.39, 0.29) is 22.8 Å². The average Bonchev–Trinajstić information content (AvgIpc) is 2.26. The van der Waals surface area contributed by atoms with Gasteiger partial charge in [-0.25, -0.2) is 4.79 Å². The van der Waals surface area contributed by atoms with Crippen molar-refractivity contribution in [3.8, 4) is 0 Å². The number of nitrogens with two attached hydrogens (primary N) is 1. The quantitative estimate of drug-likeness (QED) is 0.607. The molecule has 1 amide bonds. The smallest absolute Gasteiger partial charge is 0.337 e. The Morgan fingerprint density at radius 1 is 1.47 bits per heavy atom. The highest BCUT2D eigenvalue weighted by molar-refractivity contribution is 6.31. The van der Waals surface area contributed by atoms with Gasteiger partial charge in [0.2, 0.25) is 5.91 Å². The van der Waals surface area contributed by atoms with E-state index in [1.54, 1.807) is 0 Å². The summed E-state index contributed by atoms with van der Waals surface area (Å²) in [5.74, 6) is -2.05. The van der Waals surface area contributed by atoms with E-state index in [1.165, 1.54) is 18.2 Å². The summed E-state index contributed by atoms with van der Waals surface area (Å²) in [6.07, 6.45) is -1.38. The van der Waals surface area contributed by atoms with Gasteiger partial charge in [-0.05, 0) is 18.2 Å². The van der Waals surface area contributed by atoms with Crippen LogP contribution >= 0.6 is 11.6 Å². The topological polar surface area (TPSA) is 113 Å². The van der Waals surface area contributed by atoms with E-state index in [0.29, 0.717) is 0 Å². The van der Waals surface area contributed by atoms with Crippen molar-refractivity contribution < 1.29 is 19.8 Å². The highest BCUT2D eigenvalue weighted by atomic mass is 35.5. The lowest BCUT2D eigenvalue weighted by Crippen LogP contribution is -2.34. The Bertz CT molecular complexity index is 450. The maximum atomic E-state index is 10.9. The molecular formula is C10H11ClN2O4. The number of carbonyl (C=O) groups excluding carboxylic acids is 1. The van der Waals surface area contributed by atoms with Gasteiger partial charge in [-0.1, -0.05) is 11.6 Å². The van der Waals surface area contributed by atoms with Crippen molar-refractivity contribution >= 4 is 29.2 Å². The molecule has 0 bridgehead atoms. The van der Waals surface area contributed by atoms with Gasteiger partial charge < -0.3 is 21.3 Å². The number of benzene rings is 1. The van der Waals surface area contributed by atoms with Crippen LogP contribution in [0.15, 0.2) is 18.2 Å². The van der Waals surface area contributed by atoms with Crippen LogP contribution in [0, 0.1) is 0 Å². The van der Waals surface area contributed by atoms with Crippen molar-refractivity contribution in [2.24, 2.45) is 5.73 Å². The minimum absolute atomic E-state index is 0.0471. The minimum Gasteiger partial charge on any atom is -0.478 e. The summed E-state index contributed by atoms with van der Waals surface area (Å²) >= 11 is 5.66. The average molecular weight is 259 g/mol. The summed E-state index contributed by atoms with van der Waals surface area (Å²) in [6.45, 7) is -0.169. The van der Waals surface area contributed by atoms with E-state index >= 15 is 0 Å². The number of nitrogens with one attached hydrogen (secondary N) is 1. The second-order valence-corrected chi connectivity index (χ2v) is 3.73. The molecule has 1 aromatic rings. The molecule has 0 aliphatic rings. The molecule has 1 aromatic carbocycles. The van der Waals surface area contributed by atoms with E-state index < -0.39 is 18.0 Å². The van der Waals surface area contributed by atoms with E-state index in [2.05, 4.69) is 5.32 Å². The molecule has 0 aliphatic heterocycles. The van der Waals surface area contributed by atoms with Crippen molar-refractivity contribution in [2.75, 3.05) is 11.9 Å². The summed E-state index contributed by atoms with van der Waals surface area (Å²) in [5.41, 5.74) is 5.06. The number of halogens is 1. The SMILES string of the molecule is NC(=O)C(O)CNc1ccc(Cl)cc1C(=O)O. The fraction of sp³-hybridized carbons (Fsp3) is 0.200.